The van der Waals surface area contributed by atoms with Gasteiger partial charge in [0.15, 0.2) is 0 Å². The predicted molar refractivity (Wildman–Crippen MR) is 89.0 cm³/mol. The van der Waals surface area contributed by atoms with Gasteiger partial charge in [-0.2, -0.15) is 0 Å². The molecule has 0 amide bonds. The summed E-state index contributed by atoms with van der Waals surface area (Å²) in [5.74, 6) is 1.31. The second-order valence-corrected chi connectivity index (χ2v) is 6.72. The quantitative estimate of drug-likeness (QED) is 0.642. The number of ether oxygens (including phenoxy) is 3. The lowest BCUT2D eigenvalue weighted by Gasteiger charge is -2.24. The Kier molecular flexibility index (Phi) is 6.65. The van der Waals surface area contributed by atoms with E-state index in [9.17, 15) is 0 Å². The summed E-state index contributed by atoms with van der Waals surface area (Å²) >= 11 is 10.1. The molecule has 0 aromatic heterocycles. The number of methoxy groups -OCH3 is 2. The molecule has 1 aromatic carbocycles. The molecule has 118 valence electrons. The first-order chi connectivity index (χ1) is 10.2. The van der Waals surface area contributed by atoms with Crippen LogP contribution in [0.5, 0.6) is 11.5 Å². The Hall–Kier alpha value is -0.450. The van der Waals surface area contributed by atoms with Crippen molar-refractivity contribution >= 4 is 27.5 Å². The van der Waals surface area contributed by atoms with Crippen molar-refractivity contribution in [2.45, 2.75) is 43.0 Å². The molecule has 1 heterocycles. The molecule has 0 radical (unpaired) electrons. The molecule has 21 heavy (non-hydrogen) atoms. The van der Waals surface area contributed by atoms with Crippen LogP contribution in [0.3, 0.4) is 0 Å². The van der Waals surface area contributed by atoms with Crippen LogP contribution in [0.2, 0.25) is 5.02 Å². The summed E-state index contributed by atoms with van der Waals surface area (Å²) in [6, 6.07) is 3.89. The highest BCUT2D eigenvalue weighted by molar-refractivity contribution is 9.09. The van der Waals surface area contributed by atoms with Crippen LogP contribution in [-0.2, 0) is 4.74 Å². The number of rotatable bonds is 6. The van der Waals surface area contributed by atoms with E-state index in [0.29, 0.717) is 22.6 Å². The Labute approximate surface area is 140 Å². The average molecular weight is 378 g/mol. The highest BCUT2D eigenvalue weighted by Gasteiger charge is 2.21. The summed E-state index contributed by atoms with van der Waals surface area (Å²) in [5, 5.41) is 0.524. The Bertz CT molecular complexity index is 461. The number of hydrogen-bond acceptors (Lipinski definition) is 3. The van der Waals surface area contributed by atoms with Gasteiger partial charge in [0, 0.05) is 17.0 Å². The summed E-state index contributed by atoms with van der Waals surface area (Å²) in [7, 11) is 3.24. The van der Waals surface area contributed by atoms with E-state index in [2.05, 4.69) is 15.9 Å². The standard InChI is InChI=1S/C16H22BrClO3/c1-19-14-9-7-12(16(20-2)15(14)18)13(17)8-6-11-5-3-4-10-21-11/h7,9,11,13H,3-6,8,10H2,1-2H3. The molecule has 0 N–H and O–H groups in total. The van der Waals surface area contributed by atoms with Gasteiger partial charge in [-0.3, -0.25) is 0 Å². The molecule has 2 rings (SSSR count). The van der Waals surface area contributed by atoms with E-state index in [1.54, 1.807) is 14.2 Å². The molecule has 3 nitrogen and oxygen atoms in total. The van der Waals surface area contributed by atoms with E-state index in [-0.39, 0.29) is 4.83 Å². The smallest absolute Gasteiger partial charge is 0.145 e. The monoisotopic (exact) mass is 376 g/mol. The molecule has 2 atom stereocenters. The van der Waals surface area contributed by atoms with Gasteiger partial charge in [0.2, 0.25) is 0 Å². The van der Waals surface area contributed by atoms with Gasteiger partial charge in [-0.15, -0.1) is 0 Å². The Morgan fingerprint density at radius 2 is 2.14 bits per heavy atom. The fourth-order valence-electron chi connectivity index (χ4n) is 2.69. The molecule has 2 unspecified atom stereocenters. The SMILES string of the molecule is COc1ccc(C(Br)CCC2CCCCO2)c(OC)c1Cl. The van der Waals surface area contributed by atoms with E-state index in [1.807, 2.05) is 12.1 Å². The van der Waals surface area contributed by atoms with E-state index >= 15 is 0 Å². The maximum atomic E-state index is 6.31. The normalized spacial score (nSPS) is 20.1. The second-order valence-electron chi connectivity index (χ2n) is 5.24. The van der Waals surface area contributed by atoms with Crippen molar-refractivity contribution in [3.05, 3.63) is 22.7 Å². The fraction of sp³-hybridized carbons (Fsp3) is 0.625. The third kappa shape index (κ3) is 4.27. The average Bonchev–Trinajstić information content (AvgIpc) is 2.53. The van der Waals surface area contributed by atoms with Crippen LogP contribution < -0.4 is 9.47 Å². The largest absolute Gasteiger partial charge is 0.495 e. The van der Waals surface area contributed by atoms with Crippen molar-refractivity contribution in [3.8, 4) is 11.5 Å². The molecule has 1 aliphatic rings. The number of halogens is 2. The lowest BCUT2D eigenvalue weighted by molar-refractivity contribution is 0.0101. The highest BCUT2D eigenvalue weighted by atomic mass is 79.9. The van der Waals surface area contributed by atoms with Crippen molar-refractivity contribution in [2.75, 3.05) is 20.8 Å². The maximum absolute atomic E-state index is 6.31. The zero-order valence-corrected chi connectivity index (χ0v) is 14.9. The maximum Gasteiger partial charge on any atom is 0.145 e. The van der Waals surface area contributed by atoms with Crippen molar-refractivity contribution in [3.63, 3.8) is 0 Å². The van der Waals surface area contributed by atoms with Crippen LogP contribution in [0.15, 0.2) is 12.1 Å². The summed E-state index contributed by atoms with van der Waals surface area (Å²) in [5.41, 5.74) is 1.05. The Morgan fingerprint density at radius 1 is 1.33 bits per heavy atom. The van der Waals surface area contributed by atoms with Crippen LogP contribution in [0.4, 0.5) is 0 Å². The predicted octanol–water partition coefficient (Wildman–Crippen LogP) is 5.14. The molecule has 0 aliphatic carbocycles. The van der Waals surface area contributed by atoms with Gasteiger partial charge >= 0.3 is 0 Å². The van der Waals surface area contributed by atoms with Gasteiger partial charge < -0.3 is 14.2 Å². The van der Waals surface area contributed by atoms with Crippen LogP contribution in [0.25, 0.3) is 0 Å². The molecule has 1 aliphatic heterocycles. The molecule has 0 spiro atoms. The van der Waals surface area contributed by atoms with E-state index in [4.69, 9.17) is 25.8 Å². The first-order valence-electron chi connectivity index (χ1n) is 7.33. The molecule has 0 bridgehead atoms. The summed E-state index contributed by atoms with van der Waals surface area (Å²) < 4.78 is 16.5. The lowest BCUT2D eigenvalue weighted by atomic mass is 10.0. The minimum atomic E-state index is 0.196. The topological polar surface area (TPSA) is 27.7 Å². The van der Waals surface area contributed by atoms with E-state index in [1.165, 1.54) is 19.3 Å². The third-order valence-corrected chi connectivity index (χ3v) is 5.18. The highest BCUT2D eigenvalue weighted by Crippen LogP contribution is 2.43. The first-order valence-corrected chi connectivity index (χ1v) is 8.62. The van der Waals surface area contributed by atoms with E-state index < -0.39 is 0 Å². The third-order valence-electron chi connectivity index (χ3n) is 3.87. The van der Waals surface area contributed by atoms with Crippen molar-refractivity contribution in [2.24, 2.45) is 0 Å². The molecular formula is C16H22BrClO3. The zero-order chi connectivity index (χ0) is 15.2. The van der Waals surface area contributed by atoms with Gasteiger partial charge in [0.1, 0.15) is 16.5 Å². The van der Waals surface area contributed by atoms with Crippen molar-refractivity contribution < 1.29 is 14.2 Å². The van der Waals surface area contributed by atoms with E-state index in [0.717, 1.165) is 25.0 Å². The molecule has 5 heteroatoms. The number of alkyl halides is 1. The zero-order valence-electron chi connectivity index (χ0n) is 12.5. The van der Waals surface area contributed by atoms with Crippen molar-refractivity contribution in [1.29, 1.82) is 0 Å². The number of benzene rings is 1. The molecule has 1 saturated heterocycles. The molecule has 1 fully saturated rings. The molecule has 1 aromatic rings. The number of hydrogen-bond donors (Lipinski definition) is 0. The summed E-state index contributed by atoms with van der Waals surface area (Å²) in [6.45, 7) is 0.898. The molecular weight excluding hydrogens is 356 g/mol. The van der Waals surface area contributed by atoms with Crippen LogP contribution in [0, 0.1) is 0 Å². The van der Waals surface area contributed by atoms with Gasteiger partial charge in [-0.05, 0) is 38.2 Å². The van der Waals surface area contributed by atoms with Crippen LogP contribution in [0.1, 0.15) is 42.5 Å². The Morgan fingerprint density at radius 3 is 2.76 bits per heavy atom. The molecule has 0 saturated carbocycles. The van der Waals surface area contributed by atoms with Gasteiger partial charge in [-0.1, -0.05) is 33.6 Å². The van der Waals surface area contributed by atoms with Gasteiger partial charge in [-0.25, -0.2) is 0 Å². The van der Waals surface area contributed by atoms with Crippen molar-refractivity contribution in [1.82, 2.24) is 0 Å². The van der Waals surface area contributed by atoms with Crippen LogP contribution in [-0.4, -0.2) is 26.9 Å². The first kappa shape index (κ1) is 16.9. The van der Waals surface area contributed by atoms with Gasteiger partial charge in [0.25, 0.3) is 0 Å². The fourth-order valence-corrected chi connectivity index (χ4v) is 3.64. The summed E-state index contributed by atoms with van der Waals surface area (Å²) in [4.78, 5) is 0.196. The second kappa shape index (κ2) is 8.25. The Balaban J connectivity index is 2.04. The lowest BCUT2D eigenvalue weighted by Crippen LogP contribution is -2.19. The minimum Gasteiger partial charge on any atom is -0.495 e. The van der Waals surface area contributed by atoms with Crippen LogP contribution >= 0.6 is 27.5 Å². The minimum absolute atomic E-state index is 0.196. The van der Waals surface area contributed by atoms with Gasteiger partial charge in [0.05, 0.1) is 20.3 Å². The summed E-state index contributed by atoms with van der Waals surface area (Å²) in [6.07, 6.45) is 6.05.